The zero-order valence-corrected chi connectivity index (χ0v) is 17.4. The molecule has 3 aromatic carbocycles. The van der Waals surface area contributed by atoms with Crippen molar-refractivity contribution < 1.29 is 15.3 Å². The first kappa shape index (κ1) is 19.9. The number of imidazole rings is 1. The van der Waals surface area contributed by atoms with Crippen LogP contribution in [-0.4, -0.2) is 30.6 Å². The number of nitrogens with zero attached hydrogens (tertiary/aromatic N) is 3. The Morgan fingerprint density at radius 1 is 0.750 bits per heavy atom. The molecule has 1 aromatic heterocycles. The fourth-order valence-corrected chi connectivity index (χ4v) is 4.06. The number of phenolic OH excluding ortho intramolecular Hbond substituents is 2. The molecule has 0 aliphatic carbocycles. The van der Waals surface area contributed by atoms with Crippen LogP contribution in [-0.2, 0) is 19.4 Å². The number of fused-ring (bicyclic) bond motifs is 1. The molecule has 1 aliphatic heterocycles. The molecule has 160 valence electrons. The third-order valence-corrected chi connectivity index (χ3v) is 5.74. The van der Waals surface area contributed by atoms with Gasteiger partial charge in [-0.25, -0.2) is 4.98 Å². The Balaban J connectivity index is 1.53. The minimum absolute atomic E-state index is 0.136. The molecule has 0 saturated heterocycles. The molecule has 1 unspecified atom stereocenters. The molecular weight excluding hydrogens is 402 g/mol. The number of aromatic nitrogens is 2. The lowest BCUT2D eigenvalue weighted by molar-refractivity contribution is 0.396. The van der Waals surface area contributed by atoms with Crippen molar-refractivity contribution in [1.82, 2.24) is 9.55 Å². The van der Waals surface area contributed by atoms with Crippen LogP contribution in [0.15, 0.2) is 83.9 Å². The monoisotopic (exact) mass is 425 g/mol. The zero-order chi connectivity index (χ0) is 22.1. The summed E-state index contributed by atoms with van der Waals surface area (Å²) in [5, 5.41) is 30.2. The van der Waals surface area contributed by atoms with E-state index in [0.29, 0.717) is 30.9 Å². The Morgan fingerprint density at radius 3 is 2.06 bits per heavy atom. The normalized spacial score (nSPS) is 15.2. The molecule has 1 atom stereocenters. The second kappa shape index (κ2) is 8.23. The van der Waals surface area contributed by atoms with Crippen molar-refractivity contribution >= 4 is 5.71 Å². The summed E-state index contributed by atoms with van der Waals surface area (Å²) in [4.78, 5) is 9.77. The maximum Gasteiger partial charge on any atom is 0.215 e. The van der Waals surface area contributed by atoms with E-state index in [4.69, 9.17) is 9.98 Å². The number of hydrogen-bond acceptors (Lipinski definition) is 5. The van der Waals surface area contributed by atoms with E-state index in [1.807, 2.05) is 47.0 Å². The molecular formula is C26H23N3O3. The summed E-state index contributed by atoms with van der Waals surface area (Å²) in [5.41, 5.74) is 4.43. The maximum absolute atomic E-state index is 11.0. The average molecular weight is 425 g/mol. The second-order valence-corrected chi connectivity index (χ2v) is 8.01. The minimum Gasteiger partial charge on any atom is -0.508 e. The fourth-order valence-electron chi connectivity index (χ4n) is 4.06. The Morgan fingerprint density at radius 2 is 1.38 bits per heavy atom. The van der Waals surface area contributed by atoms with Gasteiger partial charge in [0, 0.05) is 12.8 Å². The number of rotatable bonds is 5. The highest BCUT2D eigenvalue weighted by atomic mass is 16.3. The fraction of sp³-hybridized carbons (Fsp3) is 0.154. The summed E-state index contributed by atoms with van der Waals surface area (Å²) in [5.74, 6) is 1.23. The highest BCUT2D eigenvalue weighted by Crippen LogP contribution is 2.33. The van der Waals surface area contributed by atoms with Crippen molar-refractivity contribution in [2.45, 2.75) is 25.4 Å². The summed E-state index contributed by atoms with van der Waals surface area (Å²) in [6.45, 7) is 0.465. The van der Waals surface area contributed by atoms with Crippen LogP contribution in [0, 0.1) is 0 Å². The molecule has 1 aliphatic rings. The Hall–Kier alpha value is -4.06. The first-order valence-electron chi connectivity index (χ1n) is 10.5. The third-order valence-electron chi connectivity index (χ3n) is 5.74. The summed E-state index contributed by atoms with van der Waals surface area (Å²) in [6, 6.07) is 23.8. The number of hydrogen-bond donors (Lipinski definition) is 3. The van der Waals surface area contributed by atoms with Crippen molar-refractivity contribution in [3.8, 4) is 17.4 Å². The van der Waals surface area contributed by atoms with Crippen molar-refractivity contribution in [3.05, 3.63) is 107 Å². The standard InChI is InChI=1S/C26H23N3O3/c30-20-10-6-18(7-11-20)15-23-26(32)29-16-24(19-8-12-21(31)13-9-19)27-22(25(29)28-23)14-17-4-2-1-3-5-17/h1-13,24,30-32H,14-16H2. The molecule has 0 bridgehead atoms. The Labute approximate surface area is 185 Å². The molecule has 4 aromatic rings. The van der Waals surface area contributed by atoms with Gasteiger partial charge in [0.15, 0.2) is 5.82 Å². The van der Waals surface area contributed by atoms with Gasteiger partial charge in [0.25, 0.3) is 0 Å². The first-order chi connectivity index (χ1) is 15.6. The van der Waals surface area contributed by atoms with E-state index in [1.165, 1.54) is 0 Å². The highest BCUT2D eigenvalue weighted by Gasteiger charge is 2.28. The van der Waals surface area contributed by atoms with Crippen LogP contribution in [0.2, 0.25) is 0 Å². The quantitative estimate of drug-likeness (QED) is 0.443. The first-order valence-corrected chi connectivity index (χ1v) is 10.5. The van der Waals surface area contributed by atoms with Crippen LogP contribution in [0.5, 0.6) is 17.4 Å². The van der Waals surface area contributed by atoms with E-state index in [9.17, 15) is 15.3 Å². The Kier molecular flexibility index (Phi) is 5.11. The summed E-state index contributed by atoms with van der Waals surface area (Å²) in [6.07, 6.45) is 1.05. The van der Waals surface area contributed by atoms with Gasteiger partial charge < -0.3 is 15.3 Å². The lowest BCUT2D eigenvalue weighted by atomic mass is 10.0. The largest absolute Gasteiger partial charge is 0.508 e. The number of aromatic hydroxyl groups is 3. The highest BCUT2D eigenvalue weighted by molar-refractivity contribution is 6.00. The average Bonchev–Trinajstić information content (AvgIpc) is 3.12. The molecule has 0 spiro atoms. The van der Waals surface area contributed by atoms with Crippen molar-refractivity contribution in [1.29, 1.82) is 0 Å². The van der Waals surface area contributed by atoms with Gasteiger partial charge in [0.1, 0.15) is 17.2 Å². The van der Waals surface area contributed by atoms with Gasteiger partial charge in [-0.05, 0) is 41.0 Å². The van der Waals surface area contributed by atoms with Crippen molar-refractivity contribution in [2.75, 3.05) is 0 Å². The zero-order valence-electron chi connectivity index (χ0n) is 17.4. The van der Waals surface area contributed by atoms with Crippen molar-refractivity contribution in [3.63, 3.8) is 0 Å². The van der Waals surface area contributed by atoms with E-state index >= 15 is 0 Å². The second-order valence-electron chi connectivity index (χ2n) is 8.01. The van der Waals surface area contributed by atoms with Crippen LogP contribution in [0.1, 0.15) is 34.3 Å². The van der Waals surface area contributed by atoms with Crippen molar-refractivity contribution in [2.24, 2.45) is 4.99 Å². The summed E-state index contributed by atoms with van der Waals surface area (Å²) >= 11 is 0. The van der Waals surface area contributed by atoms with Crippen LogP contribution < -0.4 is 0 Å². The topological polar surface area (TPSA) is 90.9 Å². The van der Waals surface area contributed by atoms with E-state index < -0.39 is 0 Å². The number of phenols is 2. The van der Waals surface area contributed by atoms with Gasteiger partial charge in [-0.3, -0.25) is 9.56 Å². The minimum atomic E-state index is -0.191. The third kappa shape index (κ3) is 3.95. The van der Waals surface area contributed by atoms with Gasteiger partial charge in [0.05, 0.1) is 18.3 Å². The van der Waals surface area contributed by atoms with Crippen LogP contribution in [0.3, 0.4) is 0 Å². The van der Waals surface area contributed by atoms with E-state index in [2.05, 4.69) is 12.1 Å². The molecule has 0 radical (unpaired) electrons. The van der Waals surface area contributed by atoms with E-state index in [1.54, 1.807) is 24.3 Å². The predicted molar refractivity (Wildman–Crippen MR) is 122 cm³/mol. The predicted octanol–water partition coefficient (Wildman–Crippen LogP) is 4.38. The van der Waals surface area contributed by atoms with Gasteiger partial charge >= 0.3 is 0 Å². The van der Waals surface area contributed by atoms with Gasteiger partial charge in [0.2, 0.25) is 5.88 Å². The number of aliphatic imine (C=N–C) groups is 1. The van der Waals surface area contributed by atoms with Gasteiger partial charge in [-0.2, -0.15) is 0 Å². The molecule has 0 saturated carbocycles. The molecule has 0 amide bonds. The summed E-state index contributed by atoms with van der Waals surface area (Å²) in [7, 11) is 0. The van der Waals surface area contributed by atoms with Gasteiger partial charge in [-0.15, -0.1) is 0 Å². The molecule has 6 heteroatoms. The Bertz CT molecular complexity index is 1260. The smallest absolute Gasteiger partial charge is 0.215 e. The molecule has 2 heterocycles. The number of benzene rings is 3. The van der Waals surface area contributed by atoms with E-state index in [0.717, 1.165) is 22.4 Å². The van der Waals surface area contributed by atoms with Crippen LogP contribution in [0.4, 0.5) is 0 Å². The lowest BCUT2D eigenvalue weighted by Crippen LogP contribution is -2.23. The molecule has 6 nitrogen and oxygen atoms in total. The molecule has 32 heavy (non-hydrogen) atoms. The maximum atomic E-state index is 11.0. The molecule has 3 N–H and O–H groups in total. The summed E-state index contributed by atoms with van der Waals surface area (Å²) < 4.78 is 1.83. The van der Waals surface area contributed by atoms with Crippen LogP contribution >= 0.6 is 0 Å². The van der Waals surface area contributed by atoms with Crippen LogP contribution in [0.25, 0.3) is 0 Å². The van der Waals surface area contributed by atoms with Gasteiger partial charge in [-0.1, -0.05) is 54.6 Å². The van der Waals surface area contributed by atoms with E-state index in [-0.39, 0.29) is 23.4 Å². The molecule has 5 rings (SSSR count). The lowest BCUT2D eigenvalue weighted by Gasteiger charge is -2.23. The molecule has 0 fully saturated rings. The SMILES string of the molecule is Oc1ccc(Cc2nc3n(c2O)CC(c2ccc(O)cc2)N=C3Cc2ccccc2)cc1.